The van der Waals surface area contributed by atoms with Crippen molar-refractivity contribution < 1.29 is 14.3 Å². The van der Waals surface area contributed by atoms with Gasteiger partial charge >= 0.3 is 11.9 Å². The van der Waals surface area contributed by atoms with Crippen LogP contribution in [0.3, 0.4) is 0 Å². The fraction of sp³-hybridized carbons (Fsp3) is 0.500. The van der Waals surface area contributed by atoms with Crippen LogP contribution >= 0.6 is 0 Å². The molecule has 52 valence electrons. The van der Waals surface area contributed by atoms with Crippen LogP contribution in [0.15, 0.2) is 0 Å². The van der Waals surface area contributed by atoms with Gasteiger partial charge in [-0.25, -0.2) is 0 Å². The Morgan fingerprint density at radius 3 is 2.80 bits per heavy atom. The third-order valence-corrected chi connectivity index (χ3v) is 1.29. The normalized spacial score (nSPS) is 25.3. The first-order valence-corrected chi connectivity index (χ1v) is 2.88. The predicted molar refractivity (Wildman–Crippen MR) is 29.4 cm³/mol. The van der Waals surface area contributed by atoms with Gasteiger partial charge in [-0.15, -0.1) is 0 Å². The second-order valence-electron chi connectivity index (χ2n) is 2.01. The number of esters is 2. The summed E-state index contributed by atoms with van der Waals surface area (Å²) in [4.78, 5) is 21.0. The van der Waals surface area contributed by atoms with Crippen LogP contribution in [-0.4, -0.2) is 11.9 Å². The van der Waals surface area contributed by atoms with E-state index in [1.165, 1.54) is 0 Å². The minimum Gasteiger partial charge on any atom is -0.392 e. The maximum absolute atomic E-state index is 10.6. The first-order chi connectivity index (χ1) is 4.74. The molecule has 0 bridgehead atoms. The van der Waals surface area contributed by atoms with Crippen LogP contribution < -0.4 is 0 Å². The largest absolute Gasteiger partial charge is 0.392 e. The van der Waals surface area contributed by atoms with E-state index < -0.39 is 17.9 Å². The summed E-state index contributed by atoms with van der Waals surface area (Å²) in [5.74, 6) is -1.98. The smallest absolute Gasteiger partial charge is 0.330 e. The predicted octanol–water partition coefficient (Wildman–Crippen LogP) is -0.0102. The van der Waals surface area contributed by atoms with Crippen LogP contribution in [0, 0.1) is 17.2 Å². The number of carbonyl (C=O) groups excluding carboxylic acids is 2. The summed E-state index contributed by atoms with van der Waals surface area (Å²) in [5, 5.41) is 8.29. The number of hydrogen-bond acceptors (Lipinski definition) is 4. The van der Waals surface area contributed by atoms with Crippen molar-refractivity contribution in [3.8, 4) is 6.07 Å². The van der Waals surface area contributed by atoms with Crippen molar-refractivity contribution in [2.24, 2.45) is 5.92 Å². The highest BCUT2D eigenvalue weighted by Crippen LogP contribution is 2.14. The Morgan fingerprint density at radius 2 is 2.30 bits per heavy atom. The Bertz CT molecular complexity index is 216. The molecule has 1 saturated heterocycles. The Balaban J connectivity index is 2.62. The highest BCUT2D eigenvalue weighted by molar-refractivity contribution is 5.90. The number of nitriles is 1. The molecule has 0 aromatic carbocycles. The van der Waals surface area contributed by atoms with Crippen molar-refractivity contribution in [2.45, 2.75) is 12.8 Å². The fourth-order valence-electron chi connectivity index (χ4n) is 0.732. The Hall–Kier alpha value is -1.37. The van der Waals surface area contributed by atoms with Gasteiger partial charge in [-0.05, 0) is 6.42 Å². The lowest BCUT2D eigenvalue weighted by Crippen LogP contribution is -2.26. The van der Waals surface area contributed by atoms with Gasteiger partial charge in [-0.2, -0.15) is 5.26 Å². The molecule has 0 radical (unpaired) electrons. The van der Waals surface area contributed by atoms with E-state index in [0.29, 0.717) is 6.42 Å². The molecular formula is C6H5NO3. The number of nitrogens with zero attached hydrogens (tertiary/aromatic N) is 1. The van der Waals surface area contributed by atoms with Crippen molar-refractivity contribution in [1.29, 1.82) is 5.26 Å². The first kappa shape index (κ1) is 6.75. The van der Waals surface area contributed by atoms with Crippen molar-refractivity contribution >= 4 is 11.9 Å². The van der Waals surface area contributed by atoms with Crippen LogP contribution in [0.25, 0.3) is 0 Å². The van der Waals surface area contributed by atoms with Crippen LogP contribution in [0.2, 0.25) is 0 Å². The SMILES string of the molecule is N#CC1CCC(=O)OC1=O. The molecule has 0 aromatic rings. The van der Waals surface area contributed by atoms with Gasteiger partial charge in [-0.3, -0.25) is 9.59 Å². The number of ether oxygens (including phenoxy) is 1. The molecule has 1 aliphatic rings. The zero-order valence-electron chi connectivity index (χ0n) is 5.16. The minimum absolute atomic E-state index is 0.171. The molecule has 4 heteroatoms. The highest BCUT2D eigenvalue weighted by atomic mass is 16.6. The Morgan fingerprint density at radius 1 is 1.60 bits per heavy atom. The molecule has 0 aromatic heterocycles. The van der Waals surface area contributed by atoms with E-state index in [1.54, 1.807) is 6.07 Å². The minimum atomic E-state index is -0.738. The number of cyclic esters (lactones) is 2. The van der Waals surface area contributed by atoms with Crippen LogP contribution in [0.4, 0.5) is 0 Å². The van der Waals surface area contributed by atoms with Gasteiger partial charge in [0.15, 0.2) is 0 Å². The summed E-state index contributed by atoms with van der Waals surface area (Å²) in [7, 11) is 0. The number of rotatable bonds is 0. The quantitative estimate of drug-likeness (QED) is 0.349. The van der Waals surface area contributed by atoms with Crippen LogP contribution in [0.5, 0.6) is 0 Å². The lowest BCUT2D eigenvalue weighted by Gasteiger charge is -2.12. The summed E-state index contributed by atoms with van der Waals surface area (Å²) < 4.78 is 4.19. The molecule has 0 N–H and O–H groups in total. The zero-order chi connectivity index (χ0) is 7.56. The van der Waals surface area contributed by atoms with Crippen molar-refractivity contribution in [2.75, 3.05) is 0 Å². The van der Waals surface area contributed by atoms with E-state index in [9.17, 15) is 9.59 Å². The molecule has 1 unspecified atom stereocenters. The van der Waals surface area contributed by atoms with Crippen molar-refractivity contribution in [1.82, 2.24) is 0 Å². The van der Waals surface area contributed by atoms with Crippen LogP contribution in [-0.2, 0) is 14.3 Å². The van der Waals surface area contributed by atoms with E-state index in [0.717, 1.165) is 0 Å². The Kier molecular flexibility index (Phi) is 1.67. The lowest BCUT2D eigenvalue weighted by molar-refractivity contribution is -0.165. The number of hydrogen-bond donors (Lipinski definition) is 0. The molecular weight excluding hydrogens is 134 g/mol. The second-order valence-corrected chi connectivity index (χ2v) is 2.01. The van der Waals surface area contributed by atoms with Gasteiger partial charge in [0.25, 0.3) is 0 Å². The molecule has 1 aliphatic heterocycles. The monoisotopic (exact) mass is 139 g/mol. The van der Waals surface area contributed by atoms with Gasteiger partial charge in [-0.1, -0.05) is 0 Å². The zero-order valence-corrected chi connectivity index (χ0v) is 5.16. The molecule has 0 aliphatic carbocycles. The molecule has 0 spiro atoms. The molecule has 0 amide bonds. The van der Waals surface area contributed by atoms with E-state index in [4.69, 9.17) is 5.26 Å². The summed E-state index contributed by atoms with van der Waals surface area (Å²) in [6, 6.07) is 1.75. The summed E-state index contributed by atoms with van der Waals surface area (Å²) in [6.45, 7) is 0. The van der Waals surface area contributed by atoms with Gasteiger partial charge in [0.05, 0.1) is 6.07 Å². The fourth-order valence-corrected chi connectivity index (χ4v) is 0.732. The van der Waals surface area contributed by atoms with Gasteiger partial charge < -0.3 is 4.74 Å². The first-order valence-electron chi connectivity index (χ1n) is 2.88. The van der Waals surface area contributed by atoms with Crippen molar-refractivity contribution in [3.05, 3.63) is 0 Å². The van der Waals surface area contributed by atoms with E-state index in [1.807, 2.05) is 0 Å². The van der Waals surface area contributed by atoms with E-state index in [-0.39, 0.29) is 6.42 Å². The number of carbonyl (C=O) groups is 2. The second kappa shape index (κ2) is 2.48. The molecule has 4 nitrogen and oxygen atoms in total. The maximum Gasteiger partial charge on any atom is 0.330 e. The maximum atomic E-state index is 10.6. The van der Waals surface area contributed by atoms with Crippen molar-refractivity contribution in [3.63, 3.8) is 0 Å². The lowest BCUT2D eigenvalue weighted by atomic mass is 10.0. The average Bonchev–Trinajstić information content (AvgIpc) is 1.88. The molecule has 1 atom stereocenters. The summed E-state index contributed by atoms with van der Waals surface area (Å²) in [6.07, 6.45) is 0.470. The van der Waals surface area contributed by atoms with Crippen LogP contribution in [0.1, 0.15) is 12.8 Å². The van der Waals surface area contributed by atoms with Gasteiger partial charge in [0.1, 0.15) is 5.92 Å². The molecule has 1 fully saturated rings. The standard InChI is InChI=1S/C6H5NO3/c7-3-4-1-2-5(8)10-6(4)9/h4H,1-2H2. The summed E-state index contributed by atoms with van der Waals surface area (Å²) >= 11 is 0. The average molecular weight is 139 g/mol. The highest BCUT2D eigenvalue weighted by Gasteiger charge is 2.28. The molecule has 1 heterocycles. The van der Waals surface area contributed by atoms with E-state index >= 15 is 0 Å². The van der Waals surface area contributed by atoms with Gasteiger partial charge in [0, 0.05) is 6.42 Å². The third kappa shape index (κ3) is 1.13. The molecule has 0 saturated carbocycles. The van der Waals surface area contributed by atoms with Gasteiger partial charge in [0.2, 0.25) is 0 Å². The molecule has 10 heavy (non-hydrogen) atoms. The third-order valence-electron chi connectivity index (χ3n) is 1.29. The topological polar surface area (TPSA) is 67.2 Å². The van der Waals surface area contributed by atoms with E-state index in [2.05, 4.69) is 4.74 Å². The Labute approximate surface area is 57.4 Å². The summed E-state index contributed by atoms with van der Waals surface area (Å²) in [5.41, 5.74) is 0. The molecule has 1 rings (SSSR count).